The van der Waals surface area contributed by atoms with Gasteiger partial charge in [0.2, 0.25) is 5.91 Å². The molecular weight excluding hydrogens is 336 g/mol. The van der Waals surface area contributed by atoms with Gasteiger partial charge in [0.05, 0.1) is 0 Å². The number of hydrogen-bond donors (Lipinski definition) is 0. The van der Waals surface area contributed by atoms with Crippen LogP contribution in [0, 0.1) is 0 Å². The molecular formula is C20H19ClN2O2. The molecule has 0 spiro atoms. The lowest BCUT2D eigenvalue weighted by Crippen LogP contribution is -2.26. The second kappa shape index (κ2) is 7.11. The molecule has 0 aromatic heterocycles. The molecule has 1 heterocycles. The molecule has 25 heavy (non-hydrogen) atoms. The summed E-state index contributed by atoms with van der Waals surface area (Å²) in [7, 11) is 1.76. The standard InChI is InChI=1S/C20H19ClN2O2/c1-3-19(24)23-12-15-9-8-14(10-17(15)13-23)20(25)22(2)11-16-6-4-5-7-18(16)21/h3-10H,1,11-13H2,2H3. The van der Waals surface area contributed by atoms with Gasteiger partial charge in [0.15, 0.2) is 0 Å². The van der Waals surface area contributed by atoms with Crippen LogP contribution in [-0.4, -0.2) is 28.7 Å². The highest BCUT2D eigenvalue weighted by molar-refractivity contribution is 6.31. The van der Waals surface area contributed by atoms with Crippen LogP contribution in [-0.2, 0) is 24.4 Å². The van der Waals surface area contributed by atoms with Crippen LogP contribution in [0.1, 0.15) is 27.0 Å². The highest BCUT2D eigenvalue weighted by Crippen LogP contribution is 2.25. The zero-order valence-electron chi connectivity index (χ0n) is 14.0. The predicted molar refractivity (Wildman–Crippen MR) is 98.1 cm³/mol. The van der Waals surface area contributed by atoms with Crippen LogP contribution < -0.4 is 0 Å². The second-order valence-corrected chi connectivity index (χ2v) is 6.54. The Morgan fingerprint density at radius 1 is 1.20 bits per heavy atom. The average Bonchev–Trinajstić information content (AvgIpc) is 3.05. The molecule has 0 saturated heterocycles. The summed E-state index contributed by atoms with van der Waals surface area (Å²) in [6.07, 6.45) is 1.31. The molecule has 0 unspecified atom stereocenters. The molecule has 0 atom stereocenters. The largest absolute Gasteiger partial charge is 0.337 e. The third kappa shape index (κ3) is 3.59. The van der Waals surface area contributed by atoms with Crippen LogP contribution >= 0.6 is 11.6 Å². The topological polar surface area (TPSA) is 40.6 Å². The van der Waals surface area contributed by atoms with E-state index in [0.29, 0.717) is 30.2 Å². The second-order valence-electron chi connectivity index (χ2n) is 6.13. The van der Waals surface area contributed by atoms with E-state index in [9.17, 15) is 9.59 Å². The number of rotatable bonds is 4. The molecule has 0 radical (unpaired) electrons. The van der Waals surface area contributed by atoms with Gasteiger partial charge in [-0.2, -0.15) is 0 Å². The van der Waals surface area contributed by atoms with Crippen LogP contribution in [0.2, 0.25) is 5.02 Å². The number of halogens is 1. The summed E-state index contributed by atoms with van der Waals surface area (Å²) in [5.74, 6) is -0.170. The molecule has 1 aliphatic rings. The van der Waals surface area contributed by atoms with E-state index in [-0.39, 0.29) is 11.8 Å². The first-order valence-electron chi connectivity index (χ1n) is 8.01. The minimum absolute atomic E-state index is 0.0729. The Kier molecular flexibility index (Phi) is 4.91. The Labute approximate surface area is 152 Å². The summed E-state index contributed by atoms with van der Waals surface area (Å²) in [6.45, 7) is 5.03. The van der Waals surface area contributed by atoms with Crippen LogP contribution in [0.15, 0.2) is 55.1 Å². The normalized spacial score (nSPS) is 12.6. The minimum atomic E-state index is -0.0973. The van der Waals surface area contributed by atoms with Gasteiger partial charge < -0.3 is 9.80 Å². The van der Waals surface area contributed by atoms with Gasteiger partial charge in [-0.05, 0) is 41.0 Å². The van der Waals surface area contributed by atoms with Gasteiger partial charge >= 0.3 is 0 Å². The highest BCUT2D eigenvalue weighted by Gasteiger charge is 2.23. The fourth-order valence-corrected chi connectivity index (χ4v) is 3.18. The van der Waals surface area contributed by atoms with E-state index in [1.54, 1.807) is 16.8 Å². The Bertz CT molecular complexity index is 847. The maximum atomic E-state index is 12.7. The van der Waals surface area contributed by atoms with Crippen molar-refractivity contribution in [1.82, 2.24) is 9.80 Å². The van der Waals surface area contributed by atoms with Crippen LogP contribution in [0.4, 0.5) is 0 Å². The van der Waals surface area contributed by atoms with Crippen molar-refractivity contribution in [2.45, 2.75) is 19.6 Å². The molecule has 128 valence electrons. The summed E-state index contributed by atoms with van der Waals surface area (Å²) >= 11 is 6.17. The first kappa shape index (κ1) is 17.2. The Balaban J connectivity index is 1.75. The summed E-state index contributed by atoms with van der Waals surface area (Å²) in [5.41, 5.74) is 3.60. The predicted octanol–water partition coefficient (Wildman–Crippen LogP) is 3.64. The molecule has 0 N–H and O–H groups in total. The van der Waals surface area contributed by atoms with Gasteiger partial charge in [-0.15, -0.1) is 0 Å². The average molecular weight is 355 g/mol. The molecule has 2 aromatic carbocycles. The van der Waals surface area contributed by atoms with Crippen molar-refractivity contribution >= 4 is 23.4 Å². The molecule has 0 fully saturated rings. The van der Waals surface area contributed by atoms with Gasteiger partial charge in [0.1, 0.15) is 0 Å². The van der Waals surface area contributed by atoms with Gasteiger partial charge in [0, 0.05) is 37.3 Å². The monoisotopic (exact) mass is 354 g/mol. The lowest BCUT2D eigenvalue weighted by atomic mass is 10.1. The zero-order valence-corrected chi connectivity index (χ0v) is 14.8. The van der Waals surface area contributed by atoms with Crippen molar-refractivity contribution in [2.75, 3.05) is 7.05 Å². The van der Waals surface area contributed by atoms with Crippen LogP contribution in [0.3, 0.4) is 0 Å². The van der Waals surface area contributed by atoms with Crippen molar-refractivity contribution in [3.05, 3.63) is 82.4 Å². The van der Waals surface area contributed by atoms with Crippen LogP contribution in [0.5, 0.6) is 0 Å². The van der Waals surface area contributed by atoms with E-state index in [0.717, 1.165) is 16.7 Å². The number of nitrogens with zero attached hydrogens (tertiary/aromatic N) is 2. The molecule has 3 rings (SSSR count). The Morgan fingerprint density at radius 3 is 2.64 bits per heavy atom. The molecule has 5 heteroatoms. The maximum Gasteiger partial charge on any atom is 0.253 e. The third-order valence-electron chi connectivity index (χ3n) is 4.37. The molecule has 0 saturated carbocycles. The Hall–Kier alpha value is -2.59. The van der Waals surface area contributed by atoms with Crippen molar-refractivity contribution in [1.29, 1.82) is 0 Å². The maximum absolute atomic E-state index is 12.7. The number of carbonyl (C=O) groups is 2. The summed E-state index contributed by atoms with van der Waals surface area (Å²) in [4.78, 5) is 27.8. The van der Waals surface area contributed by atoms with E-state index in [1.165, 1.54) is 6.08 Å². The van der Waals surface area contributed by atoms with E-state index in [4.69, 9.17) is 11.6 Å². The lowest BCUT2D eigenvalue weighted by molar-refractivity contribution is -0.126. The van der Waals surface area contributed by atoms with E-state index >= 15 is 0 Å². The summed E-state index contributed by atoms with van der Waals surface area (Å²) in [5, 5.41) is 0.648. The first-order chi connectivity index (χ1) is 12.0. The number of benzene rings is 2. The van der Waals surface area contributed by atoms with Gasteiger partial charge in [-0.3, -0.25) is 9.59 Å². The number of carbonyl (C=O) groups excluding carboxylic acids is 2. The SMILES string of the molecule is C=CC(=O)N1Cc2ccc(C(=O)N(C)Cc3ccccc3Cl)cc2C1. The quantitative estimate of drug-likeness (QED) is 0.786. The molecule has 2 amide bonds. The zero-order chi connectivity index (χ0) is 18.0. The number of hydrogen-bond acceptors (Lipinski definition) is 2. The van der Waals surface area contributed by atoms with E-state index in [1.807, 2.05) is 42.5 Å². The van der Waals surface area contributed by atoms with Crippen molar-refractivity contribution in [2.24, 2.45) is 0 Å². The van der Waals surface area contributed by atoms with Gasteiger partial charge in [0.25, 0.3) is 5.91 Å². The van der Waals surface area contributed by atoms with E-state index < -0.39 is 0 Å². The molecule has 1 aliphatic heterocycles. The fourth-order valence-electron chi connectivity index (χ4n) is 2.99. The Morgan fingerprint density at radius 2 is 1.92 bits per heavy atom. The van der Waals surface area contributed by atoms with Crippen LogP contribution in [0.25, 0.3) is 0 Å². The van der Waals surface area contributed by atoms with Crippen molar-refractivity contribution in [3.63, 3.8) is 0 Å². The molecule has 0 bridgehead atoms. The summed E-state index contributed by atoms with van der Waals surface area (Å²) in [6, 6.07) is 13.1. The molecule has 0 aliphatic carbocycles. The molecule has 4 nitrogen and oxygen atoms in total. The lowest BCUT2D eigenvalue weighted by Gasteiger charge is -2.18. The smallest absolute Gasteiger partial charge is 0.253 e. The number of fused-ring (bicyclic) bond motifs is 1. The summed E-state index contributed by atoms with van der Waals surface area (Å²) < 4.78 is 0. The van der Waals surface area contributed by atoms with Crippen molar-refractivity contribution < 1.29 is 9.59 Å². The highest BCUT2D eigenvalue weighted by atomic mass is 35.5. The number of amides is 2. The van der Waals surface area contributed by atoms with E-state index in [2.05, 4.69) is 6.58 Å². The third-order valence-corrected chi connectivity index (χ3v) is 4.74. The minimum Gasteiger partial charge on any atom is -0.337 e. The van der Waals surface area contributed by atoms with Crippen molar-refractivity contribution in [3.8, 4) is 0 Å². The first-order valence-corrected chi connectivity index (χ1v) is 8.39. The van der Waals surface area contributed by atoms with Gasteiger partial charge in [-0.25, -0.2) is 0 Å². The van der Waals surface area contributed by atoms with Gasteiger partial charge in [-0.1, -0.05) is 42.4 Å². The molecule has 2 aromatic rings. The fraction of sp³-hybridized carbons (Fsp3) is 0.200.